The standard InChI is InChI=1S/C12H16N2OS/c1-8(2)14-7-13-6-10(14)12(15)11-5-4-9(3)16-11/h4-8,12,15H,1-3H3. The average molecular weight is 236 g/mol. The fourth-order valence-corrected chi connectivity index (χ4v) is 2.58. The van der Waals surface area contributed by atoms with Gasteiger partial charge in [0.05, 0.1) is 18.2 Å². The van der Waals surface area contributed by atoms with Gasteiger partial charge in [-0.2, -0.15) is 0 Å². The third-order valence-electron chi connectivity index (χ3n) is 2.56. The number of hydrogen-bond donors (Lipinski definition) is 1. The zero-order valence-electron chi connectivity index (χ0n) is 9.71. The Labute approximate surface area is 99.4 Å². The molecule has 1 atom stereocenters. The third-order valence-corrected chi connectivity index (χ3v) is 3.62. The van der Waals surface area contributed by atoms with Gasteiger partial charge in [0.15, 0.2) is 0 Å². The minimum absolute atomic E-state index is 0.313. The molecule has 2 aromatic heterocycles. The number of aliphatic hydroxyl groups excluding tert-OH is 1. The lowest BCUT2D eigenvalue weighted by Crippen LogP contribution is -2.08. The van der Waals surface area contributed by atoms with Crippen LogP contribution in [-0.4, -0.2) is 14.7 Å². The molecular weight excluding hydrogens is 220 g/mol. The molecule has 0 saturated carbocycles. The molecule has 0 aliphatic carbocycles. The van der Waals surface area contributed by atoms with Gasteiger partial charge in [0, 0.05) is 15.8 Å². The Bertz CT molecular complexity index is 473. The lowest BCUT2D eigenvalue weighted by Gasteiger charge is -2.15. The fraction of sp³-hybridized carbons (Fsp3) is 0.417. The summed E-state index contributed by atoms with van der Waals surface area (Å²) < 4.78 is 2.00. The molecule has 3 nitrogen and oxygen atoms in total. The van der Waals surface area contributed by atoms with Crippen LogP contribution in [0.3, 0.4) is 0 Å². The van der Waals surface area contributed by atoms with Crippen molar-refractivity contribution in [1.82, 2.24) is 9.55 Å². The van der Waals surface area contributed by atoms with E-state index < -0.39 is 6.10 Å². The topological polar surface area (TPSA) is 38.1 Å². The number of aromatic nitrogens is 2. The van der Waals surface area contributed by atoms with E-state index >= 15 is 0 Å². The molecule has 0 aliphatic heterocycles. The Morgan fingerprint density at radius 2 is 2.12 bits per heavy atom. The van der Waals surface area contributed by atoms with E-state index in [1.165, 1.54) is 4.88 Å². The molecule has 2 aromatic rings. The van der Waals surface area contributed by atoms with Crippen LogP contribution in [0.15, 0.2) is 24.7 Å². The fourth-order valence-electron chi connectivity index (χ4n) is 1.70. The first-order chi connectivity index (χ1) is 7.59. The van der Waals surface area contributed by atoms with E-state index in [2.05, 4.69) is 18.8 Å². The molecule has 0 radical (unpaired) electrons. The van der Waals surface area contributed by atoms with Crippen molar-refractivity contribution in [2.45, 2.75) is 32.9 Å². The summed E-state index contributed by atoms with van der Waals surface area (Å²) in [6.07, 6.45) is 2.94. The SMILES string of the molecule is Cc1ccc(C(O)c2cncn2C(C)C)s1. The lowest BCUT2D eigenvalue weighted by atomic mass is 10.2. The summed E-state index contributed by atoms with van der Waals surface area (Å²) in [5, 5.41) is 10.3. The normalized spacial score (nSPS) is 13.3. The van der Waals surface area contributed by atoms with E-state index in [4.69, 9.17) is 0 Å². The number of thiophene rings is 1. The lowest BCUT2D eigenvalue weighted by molar-refractivity contribution is 0.211. The summed E-state index contributed by atoms with van der Waals surface area (Å²) in [6, 6.07) is 4.31. The first kappa shape index (κ1) is 11.4. The smallest absolute Gasteiger partial charge is 0.130 e. The molecular formula is C12H16N2OS. The zero-order valence-corrected chi connectivity index (χ0v) is 10.5. The van der Waals surface area contributed by atoms with Crippen molar-refractivity contribution in [3.8, 4) is 0 Å². The van der Waals surface area contributed by atoms with Crippen molar-refractivity contribution in [3.63, 3.8) is 0 Å². The van der Waals surface area contributed by atoms with Gasteiger partial charge >= 0.3 is 0 Å². The van der Waals surface area contributed by atoms with E-state index in [9.17, 15) is 5.11 Å². The highest BCUT2D eigenvalue weighted by Gasteiger charge is 2.17. The molecule has 86 valence electrons. The molecule has 16 heavy (non-hydrogen) atoms. The molecule has 1 unspecified atom stereocenters. The van der Waals surface area contributed by atoms with Gasteiger partial charge in [0.2, 0.25) is 0 Å². The maximum atomic E-state index is 10.3. The predicted molar refractivity (Wildman–Crippen MR) is 65.7 cm³/mol. The maximum absolute atomic E-state index is 10.3. The highest BCUT2D eigenvalue weighted by Crippen LogP contribution is 2.29. The molecule has 2 heterocycles. The molecule has 0 saturated heterocycles. The molecule has 0 amide bonds. The first-order valence-corrected chi connectivity index (χ1v) is 6.17. The van der Waals surface area contributed by atoms with Crippen molar-refractivity contribution >= 4 is 11.3 Å². The average Bonchev–Trinajstić information content (AvgIpc) is 2.84. The third kappa shape index (κ3) is 2.03. The number of hydrogen-bond acceptors (Lipinski definition) is 3. The Morgan fingerprint density at radius 3 is 2.69 bits per heavy atom. The van der Waals surface area contributed by atoms with Crippen LogP contribution < -0.4 is 0 Å². The van der Waals surface area contributed by atoms with Gasteiger partial charge in [-0.15, -0.1) is 11.3 Å². The van der Waals surface area contributed by atoms with Gasteiger partial charge in [-0.25, -0.2) is 4.98 Å². The van der Waals surface area contributed by atoms with Crippen LogP contribution in [0.5, 0.6) is 0 Å². The van der Waals surface area contributed by atoms with Gasteiger partial charge in [-0.3, -0.25) is 0 Å². The monoisotopic (exact) mass is 236 g/mol. The van der Waals surface area contributed by atoms with Crippen LogP contribution >= 0.6 is 11.3 Å². The van der Waals surface area contributed by atoms with Crippen molar-refractivity contribution in [2.24, 2.45) is 0 Å². The van der Waals surface area contributed by atoms with Crippen molar-refractivity contribution in [2.75, 3.05) is 0 Å². The largest absolute Gasteiger partial charge is 0.381 e. The first-order valence-electron chi connectivity index (χ1n) is 5.35. The van der Waals surface area contributed by atoms with Crippen LogP contribution in [0.4, 0.5) is 0 Å². The number of aryl methyl sites for hydroxylation is 1. The summed E-state index contributed by atoms with van der Waals surface area (Å²) in [6.45, 7) is 6.20. The molecule has 2 rings (SSSR count). The Hall–Kier alpha value is -1.13. The highest BCUT2D eigenvalue weighted by molar-refractivity contribution is 7.12. The minimum atomic E-state index is -0.566. The Kier molecular flexibility index (Phi) is 3.12. The van der Waals surface area contributed by atoms with Crippen molar-refractivity contribution in [3.05, 3.63) is 40.1 Å². The molecule has 0 aliphatic rings. The van der Waals surface area contributed by atoms with Crippen molar-refractivity contribution < 1.29 is 5.11 Å². The molecule has 1 N–H and O–H groups in total. The predicted octanol–water partition coefficient (Wildman–Crippen LogP) is 2.92. The van der Waals surface area contributed by atoms with Gasteiger partial charge in [0.25, 0.3) is 0 Å². The molecule has 0 fully saturated rings. The molecule has 0 spiro atoms. The zero-order chi connectivity index (χ0) is 11.7. The molecule has 0 bridgehead atoms. The Balaban J connectivity index is 2.33. The van der Waals surface area contributed by atoms with E-state index in [0.717, 1.165) is 10.6 Å². The Morgan fingerprint density at radius 1 is 1.38 bits per heavy atom. The van der Waals surface area contributed by atoms with Crippen molar-refractivity contribution in [1.29, 1.82) is 0 Å². The van der Waals surface area contributed by atoms with Crippen LogP contribution in [0.2, 0.25) is 0 Å². The van der Waals surface area contributed by atoms with E-state index in [1.54, 1.807) is 23.9 Å². The number of rotatable bonds is 3. The second-order valence-electron chi connectivity index (χ2n) is 4.17. The molecule has 0 aromatic carbocycles. The van der Waals surface area contributed by atoms with Crippen LogP contribution in [-0.2, 0) is 0 Å². The summed E-state index contributed by atoms with van der Waals surface area (Å²) >= 11 is 1.62. The number of aliphatic hydroxyl groups is 1. The number of imidazole rings is 1. The quantitative estimate of drug-likeness (QED) is 0.889. The van der Waals surface area contributed by atoms with Crippen LogP contribution in [0.25, 0.3) is 0 Å². The summed E-state index contributed by atoms with van der Waals surface area (Å²) in [7, 11) is 0. The van der Waals surface area contributed by atoms with Gasteiger partial charge in [-0.1, -0.05) is 0 Å². The number of nitrogens with zero attached hydrogens (tertiary/aromatic N) is 2. The van der Waals surface area contributed by atoms with Crippen LogP contribution in [0.1, 0.15) is 41.4 Å². The maximum Gasteiger partial charge on any atom is 0.130 e. The summed E-state index contributed by atoms with van der Waals surface area (Å²) in [5.74, 6) is 0. The summed E-state index contributed by atoms with van der Waals surface area (Å²) in [5.41, 5.74) is 0.858. The highest BCUT2D eigenvalue weighted by atomic mass is 32.1. The second-order valence-corrected chi connectivity index (χ2v) is 5.49. The molecule has 4 heteroatoms. The van der Waals surface area contributed by atoms with E-state index in [1.807, 2.05) is 23.6 Å². The minimum Gasteiger partial charge on any atom is -0.381 e. The van der Waals surface area contributed by atoms with Crippen LogP contribution in [0, 0.1) is 6.92 Å². The van der Waals surface area contributed by atoms with E-state index in [-0.39, 0.29) is 0 Å². The van der Waals surface area contributed by atoms with Gasteiger partial charge in [-0.05, 0) is 32.9 Å². The summed E-state index contributed by atoms with van der Waals surface area (Å²) in [4.78, 5) is 6.29. The second kappa shape index (κ2) is 4.39. The van der Waals surface area contributed by atoms with E-state index in [0.29, 0.717) is 6.04 Å². The van der Waals surface area contributed by atoms with Gasteiger partial charge in [0.1, 0.15) is 6.10 Å². The van der Waals surface area contributed by atoms with Gasteiger partial charge < -0.3 is 9.67 Å².